The smallest absolute Gasteiger partial charge is 0.319 e. The van der Waals surface area contributed by atoms with Gasteiger partial charge in [0.1, 0.15) is 17.7 Å². The van der Waals surface area contributed by atoms with Crippen LogP contribution in [0.4, 0.5) is 25.2 Å². The highest BCUT2D eigenvalue weighted by Gasteiger charge is 2.26. The van der Waals surface area contributed by atoms with Crippen molar-refractivity contribution in [3.05, 3.63) is 47.3 Å². The van der Waals surface area contributed by atoms with Crippen molar-refractivity contribution < 1.29 is 23.5 Å². The minimum atomic E-state index is -0.708. The summed E-state index contributed by atoms with van der Waals surface area (Å²) < 4.78 is 29.4. The Morgan fingerprint density at radius 3 is 2.49 bits per heavy atom. The van der Waals surface area contributed by atoms with Crippen molar-refractivity contribution in [2.45, 2.75) is 70.4 Å². The van der Waals surface area contributed by atoms with Crippen molar-refractivity contribution in [2.75, 3.05) is 29.9 Å². The number of nitrogens with zero attached hydrogens (tertiary/aromatic N) is 4. The van der Waals surface area contributed by atoms with Gasteiger partial charge < -0.3 is 25.5 Å². The molecular weight excluding hydrogens is 482 g/mol. The molecule has 4 rings (SSSR count). The third-order valence-electron chi connectivity index (χ3n) is 6.81. The fourth-order valence-electron chi connectivity index (χ4n) is 4.61. The maximum Gasteiger partial charge on any atom is 0.319 e. The lowest BCUT2D eigenvalue weighted by molar-refractivity contribution is 0.0406. The zero-order valence-electron chi connectivity index (χ0n) is 21.2. The number of rotatable bonds is 7. The molecule has 0 radical (unpaired) electrons. The lowest BCUT2D eigenvalue weighted by Crippen LogP contribution is -2.38. The number of hydrogen-bond donors (Lipinski definition) is 3. The molecular formula is C26H34F2N6O3. The minimum Gasteiger partial charge on any atom is -0.394 e. The molecule has 1 aliphatic heterocycles. The average Bonchev–Trinajstić information content (AvgIpc) is 2.90. The number of aromatic nitrogens is 2. The molecule has 2 heterocycles. The van der Waals surface area contributed by atoms with Gasteiger partial charge in [0.15, 0.2) is 0 Å². The Balaban J connectivity index is 1.25. The van der Waals surface area contributed by atoms with Crippen LogP contribution in [0.3, 0.4) is 0 Å². The fourth-order valence-corrected chi connectivity index (χ4v) is 4.61. The summed E-state index contributed by atoms with van der Waals surface area (Å²) in [7, 11) is 0. The third-order valence-corrected chi connectivity index (χ3v) is 6.81. The van der Waals surface area contributed by atoms with Crippen LogP contribution in [0.1, 0.15) is 62.5 Å². The van der Waals surface area contributed by atoms with E-state index in [9.17, 15) is 13.6 Å². The molecule has 0 spiro atoms. The summed E-state index contributed by atoms with van der Waals surface area (Å²) in [5, 5.41) is 18.1. The van der Waals surface area contributed by atoms with E-state index < -0.39 is 23.7 Å². The van der Waals surface area contributed by atoms with Gasteiger partial charge in [-0.05, 0) is 62.6 Å². The maximum absolute atomic E-state index is 14.8. The molecule has 0 bridgehead atoms. The number of carbonyl (C=O) groups excluding carboxylic acids is 1. The van der Waals surface area contributed by atoms with E-state index in [4.69, 9.17) is 9.94 Å². The molecule has 3 N–H and O–H groups in total. The van der Waals surface area contributed by atoms with Crippen LogP contribution in [0, 0.1) is 18.6 Å². The topological polar surface area (TPSA) is 112 Å². The highest BCUT2D eigenvalue weighted by atomic mass is 19.1. The molecule has 1 unspecified atom stereocenters. The summed E-state index contributed by atoms with van der Waals surface area (Å²) in [4.78, 5) is 28.6. The number of urea groups is 1. The van der Waals surface area contributed by atoms with E-state index in [0.717, 1.165) is 55.3 Å². The second-order valence-electron chi connectivity index (χ2n) is 9.82. The van der Waals surface area contributed by atoms with Gasteiger partial charge in [0.2, 0.25) is 5.95 Å². The largest absolute Gasteiger partial charge is 0.394 e. The van der Waals surface area contributed by atoms with Crippen LogP contribution < -0.4 is 15.5 Å². The number of aliphatic hydroxyl groups excluding tert-OH is 1. The molecule has 37 heavy (non-hydrogen) atoms. The van der Waals surface area contributed by atoms with Crippen molar-refractivity contribution in [1.82, 2.24) is 15.3 Å². The zero-order valence-corrected chi connectivity index (χ0v) is 21.2. The van der Waals surface area contributed by atoms with Crippen LogP contribution in [-0.2, 0) is 4.84 Å². The van der Waals surface area contributed by atoms with Gasteiger partial charge in [-0.3, -0.25) is 0 Å². The first-order valence-corrected chi connectivity index (χ1v) is 12.7. The van der Waals surface area contributed by atoms with E-state index in [1.165, 1.54) is 0 Å². The number of benzene rings is 1. The van der Waals surface area contributed by atoms with Crippen molar-refractivity contribution in [1.29, 1.82) is 0 Å². The summed E-state index contributed by atoms with van der Waals surface area (Å²) in [5.41, 5.74) is 2.03. The number of hydrogen-bond acceptors (Lipinski definition) is 7. The van der Waals surface area contributed by atoms with Gasteiger partial charge in [-0.2, -0.15) is 0 Å². The fraction of sp³-hybridized carbons (Fsp3) is 0.538. The van der Waals surface area contributed by atoms with E-state index in [1.807, 2.05) is 19.3 Å². The SMILES string of the molecule is Cc1cnc(N2CCC(ON=C3CCC(c4cc(F)c(NC(=O)NC(C)CO)cc4F)CC3)CC2)nc1. The van der Waals surface area contributed by atoms with Gasteiger partial charge in [-0.15, -0.1) is 0 Å². The van der Waals surface area contributed by atoms with Crippen molar-refractivity contribution in [2.24, 2.45) is 5.16 Å². The van der Waals surface area contributed by atoms with Crippen LogP contribution in [0.15, 0.2) is 29.7 Å². The molecule has 200 valence electrons. The maximum atomic E-state index is 14.8. The Hall–Kier alpha value is -3.34. The standard InChI is InChI=1S/C26H34F2N6O3/c1-16-13-29-25(30-14-16)34-9-7-20(8-10-34)37-33-19-5-3-18(4-6-19)21-11-23(28)24(12-22(21)27)32-26(36)31-17(2)15-35/h11-14,17-18,20,35H,3-10,15H2,1-2H3,(H2,31,32,36). The molecule has 2 fully saturated rings. The number of oxime groups is 1. The summed E-state index contributed by atoms with van der Waals surface area (Å²) in [6.45, 7) is 4.90. The van der Waals surface area contributed by atoms with Gasteiger partial charge in [0.05, 0.1) is 24.0 Å². The molecule has 1 atom stereocenters. The molecule has 1 saturated carbocycles. The molecule has 1 saturated heterocycles. The molecule has 11 heteroatoms. The molecule has 1 aromatic carbocycles. The predicted octanol–water partition coefficient (Wildman–Crippen LogP) is 4.26. The van der Waals surface area contributed by atoms with Gasteiger partial charge in [0.25, 0.3) is 0 Å². The van der Waals surface area contributed by atoms with Gasteiger partial charge in [-0.1, -0.05) is 5.16 Å². The molecule has 2 amide bonds. The van der Waals surface area contributed by atoms with E-state index in [2.05, 4.69) is 30.7 Å². The number of nitrogens with one attached hydrogen (secondary N) is 2. The van der Waals surface area contributed by atoms with Crippen molar-refractivity contribution in [3.8, 4) is 0 Å². The van der Waals surface area contributed by atoms with Crippen LogP contribution in [0.25, 0.3) is 0 Å². The molecule has 9 nitrogen and oxygen atoms in total. The quantitative estimate of drug-likeness (QED) is 0.474. The Morgan fingerprint density at radius 1 is 1.16 bits per heavy atom. The Morgan fingerprint density at radius 2 is 1.84 bits per heavy atom. The Labute approximate surface area is 215 Å². The predicted molar refractivity (Wildman–Crippen MR) is 137 cm³/mol. The zero-order chi connectivity index (χ0) is 26.4. The molecule has 2 aliphatic rings. The number of amides is 2. The number of aryl methyl sites for hydroxylation is 1. The van der Waals surface area contributed by atoms with Crippen LogP contribution in [-0.4, -0.2) is 58.7 Å². The van der Waals surface area contributed by atoms with Crippen molar-refractivity contribution in [3.63, 3.8) is 0 Å². The average molecular weight is 517 g/mol. The first-order chi connectivity index (χ1) is 17.8. The summed E-state index contributed by atoms with van der Waals surface area (Å²) in [6.07, 6.45) is 7.93. The second kappa shape index (κ2) is 12.3. The van der Waals surface area contributed by atoms with E-state index in [1.54, 1.807) is 6.92 Å². The van der Waals surface area contributed by atoms with Gasteiger partial charge in [0, 0.05) is 44.4 Å². The highest BCUT2D eigenvalue weighted by molar-refractivity contribution is 5.89. The number of anilines is 2. The van der Waals surface area contributed by atoms with Crippen LogP contribution >= 0.6 is 0 Å². The number of aliphatic hydroxyl groups is 1. The third kappa shape index (κ3) is 7.12. The van der Waals surface area contributed by atoms with E-state index in [0.29, 0.717) is 31.2 Å². The Bertz CT molecular complexity index is 1100. The van der Waals surface area contributed by atoms with Gasteiger partial charge >= 0.3 is 6.03 Å². The van der Waals surface area contributed by atoms with E-state index in [-0.39, 0.29) is 24.3 Å². The monoisotopic (exact) mass is 516 g/mol. The van der Waals surface area contributed by atoms with Crippen molar-refractivity contribution >= 4 is 23.4 Å². The number of carbonyl (C=O) groups is 1. The molecule has 2 aromatic rings. The summed E-state index contributed by atoms with van der Waals surface area (Å²) in [5.74, 6) is -0.657. The Kier molecular flexibility index (Phi) is 8.86. The lowest BCUT2D eigenvalue weighted by atomic mass is 9.83. The highest BCUT2D eigenvalue weighted by Crippen LogP contribution is 2.35. The lowest BCUT2D eigenvalue weighted by Gasteiger charge is -2.31. The normalized spacial score (nSPS) is 19.3. The summed E-state index contributed by atoms with van der Waals surface area (Å²) >= 11 is 0. The number of halogens is 2. The summed E-state index contributed by atoms with van der Waals surface area (Å²) in [6, 6.07) is 0.958. The first-order valence-electron chi connectivity index (χ1n) is 12.7. The molecule has 1 aliphatic carbocycles. The van der Waals surface area contributed by atoms with Gasteiger partial charge in [-0.25, -0.2) is 23.5 Å². The number of piperidine rings is 1. The molecule has 1 aromatic heterocycles. The van der Waals surface area contributed by atoms with Crippen LogP contribution in [0.2, 0.25) is 0 Å². The second-order valence-corrected chi connectivity index (χ2v) is 9.82. The van der Waals surface area contributed by atoms with E-state index >= 15 is 0 Å². The first kappa shape index (κ1) is 26.7. The minimum absolute atomic E-state index is 0.0380. The van der Waals surface area contributed by atoms with Crippen LogP contribution in [0.5, 0.6) is 0 Å².